The van der Waals surface area contributed by atoms with Crippen LogP contribution in [0.1, 0.15) is 45.4 Å². The van der Waals surface area contributed by atoms with Crippen molar-refractivity contribution < 1.29 is 14.3 Å². The number of ether oxygens (including phenoxy) is 2. The minimum atomic E-state index is -0.0574. The maximum atomic E-state index is 11.0. The molecule has 3 nitrogen and oxygen atoms in total. The van der Waals surface area contributed by atoms with Gasteiger partial charge in [0.05, 0.1) is 19.3 Å². The van der Waals surface area contributed by atoms with E-state index in [0.29, 0.717) is 19.1 Å². The van der Waals surface area contributed by atoms with Gasteiger partial charge in [0.1, 0.15) is 0 Å². The Morgan fingerprint density at radius 1 is 1.36 bits per heavy atom. The molecule has 1 aliphatic rings. The molecule has 0 aliphatic carbocycles. The van der Waals surface area contributed by atoms with E-state index in [1.165, 1.54) is 19.3 Å². The highest BCUT2D eigenvalue weighted by Gasteiger charge is 2.20. The first-order valence-corrected chi connectivity index (χ1v) is 5.60. The van der Waals surface area contributed by atoms with Crippen LogP contribution in [0, 0.1) is 0 Å². The zero-order valence-corrected chi connectivity index (χ0v) is 8.96. The van der Waals surface area contributed by atoms with Crippen LogP contribution in [-0.4, -0.2) is 25.3 Å². The van der Waals surface area contributed by atoms with Crippen LogP contribution in [0.4, 0.5) is 0 Å². The highest BCUT2D eigenvalue weighted by Crippen LogP contribution is 2.17. The van der Waals surface area contributed by atoms with Crippen molar-refractivity contribution in [2.75, 3.05) is 13.2 Å². The predicted octanol–water partition coefficient (Wildman–Crippen LogP) is 2.29. The molecule has 1 saturated heterocycles. The molecular weight excluding hydrogens is 180 g/mol. The van der Waals surface area contributed by atoms with Crippen LogP contribution in [0.2, 0.25) is 0 Å². The summed E-state index contributed by atoms with van der Waals surface area (Å²) in [4.78, 5) is 11.0. The molecule has 0 bridgehead atoms. The summed E-state index contributed by atoms with van der Waals surface area (Å²) in [5.74, 6) is -0.0574. The molecule has 0 aromatic rings. The van der Waals surface area contributed by atoms with Crippen molar-refractivity contribution >= 4 is 5.97 Å². The molecule has 0 radical (unpaired) electrons. The van der Waals surface area contributed by atoms with Gasteiger partial charge in [-0.1, -0.05) is 19.3 Å². The first-order chi connectivity index (χ1) is 6.83. The lowest BCUT2D eigenvalue weighted by Gasteiger charge is -2.01. The summed E-state index contributed by atoms with van der Waals surface area (Å²) in [6.07, 6.45) is 6.86. The SMILES string of the molecule is CCOC(=O)CCCCCCC1CO1. The lowest BCUT2D eigenvalue weighted by molar-refractivity contribution is -0.143. The third-order valence-corrected chi connectivity index (χ3v) is 2.36. The summed E-state index contributed by atoms with van der Waals surface area (Å²) in [6, 6.07) is 0. The van der Waals surface area contributed by atoms with Crippen LogP contribution in [0.3, 0.4) is 0 Å². The first-order valence-electron chi connectivity index (χ1n) is 5.60. The van der Waals surface area contributed by atoms with Crippen LogP contribution in [0.25, 0.3) is 0 Å². The quantitative estimate of drug-likeness (QED) is 0.343. The monoisotopic (exact) mass is 200 g/mol. The molecule has 0 spiro atoms. The summed E-state index contributed by atoms with van der Waals surface area (Å²) in [6.45, 7) is 3.30. The summed E-state index contributed by atoms with van der Waals surface area (Å²) >= 11 is 0. The Balaban J connectivity index is 1.76. The molecule has 82 valence electrons. The van der Waals surface area contributed by atoms with Crippen molar-refractivity contribution in [3.63, 3.8) is 0 Å². The molecule has 1 atom stereocenters. The zero-order chi connectivity index (χ0) is 10.2. The van der Waals surface area contributed by atoms with Gasteiger partial charge < -0.3 is 9.47 Å². The van der Waals surface area contributed by atoms with Crippen molar-refractivity contribution in [2.45, 2.75) is 51.6 Å². The predicted molar refractivity (Wildman–Crippen MR) is 54.1 cm³/mol. The van der Waals surface area contributed by atoms with Crippen molar-refractivity contribution in [1.29, 1.82) is 0 Å². The van der Waals surface area contributed by atoms with Crippen LogP contribution in [-0.2, 0) is 14.3 Å². The number of unbranched alkanes of at least 4 members (excludes halogenated alkanes) is 3. The highest BCUT2D eigenvalue weighted by atomic mass is 16.6. The maximum Gasteiger partial charge on any atom is 0.305 e. The molecule has 1 rings (SSSR count). The number of epoxide rings is 1. The molecule has 0 N–H and O–H groups in total. The smallest absolute Gasteiger partial charge is 0.305 e. The summed E-state index contributed by atoms with van der Waals surface area (Å²) < 4.78 is 9.95. The Morgan fingerprint density at radius 2 is 2.07 bits per heavy atom. The summed E-state index contributed by atoms with van der Waals surface area (Å²) in [7, 11) is 0. The van der Waals surface area contributed by atoms with E-state index in [0.717, 1.165) is 19.4 Å². The fourth-order valence-corrected chi connectivity index (χ4v) is 1.46. The molecule has 0 amide bonds. The Labute approximate surface area is 85.8 Å². The second-order valence-electron chi connectivity index (χ2n) is 3.71. The fraction of sp³-hybridized carbons (Fsp3) is 0.909. The van der Waals surface area contributed by atoms with E-state index in [2.05, 4.69) is 0 Å². The van der Waals surface area contributed by atoms with Gasteiger partial charge >= 0.3 is 5.97 Å². The van der Waals surface area contributed by atoms with Crippen LogP contribution in [0.5, 0.6) is 0 Å². The normalized spacial score (nSPS) is 19.4. The molecule has 3 heteroatoms. The molecule has 0 aromatic heterocycles. The number of rotatable bonds is 8. The molecule has 0 saturated carbocycles. The molecule has 14 heavy (non-hydrogen) atoms. The number of carbonyl (C=O) groups excluding carboxylic acids is 1. The van der Waals surface area contributed by atoms with Gasteiger partial charge in [0.15, 0.2) is 0 Å². The van der Waals surface area contributed by atoms with Gasteiger partial charge in [-0.05, 0) is 19.8 Å². The molecule has 1 heterocycles. The van der Waals surface area contributed by atoms with Crippen LogP contribution in [0.15, 0.2) is 0 Å². The van der Waals surface area contributed by atoms with E-state index in [4.69, 9.17) is 9.47 Å². The van der Waals surface area contributed by atoms with Gasteiger partial charge in [-0.2, -0.15) is 0 Å². The maximum absolute atomic E-state index is 11.0. The van der Waals surface area contributed by atoms with E-state index in [9.17, 15) is 4.79 Å². The lowest BCUT2D eigenvalue weighted by Crippen LogP contribution is -2.03. The molecular formula is C11H20O3. The second-order valence-corrected chi connectivity index (χ2v) is 3.71. The van der Waals surface area contributed by atoms with E-state index in [-0.39, 0.29) is 5.97 Å². The van der Waals surface area contributed by atoms with Crippen molar-refractivity contribution in [2.24, 2.45) is 0 Å². The fourth-order valence-electron chi connectivity index (χ4n) is 1.46. The van der Waals surface area contributed by atoms with Crippen molar-refractivity contribution in [3.05, 3.63) is 0 Å². The van der Waals surface area contributed by atoms with Crippen LogP contribution >= 0.6 is 0 Å². The van der Waals surface area contributed by atoms with Gasteiger partial charge in [-0.15, -0.1) is 0 Å². The van der Waals surface area contributed by atoms with E-state index < -0.39 is 0 Å². The first kappa shape index (κ1) is 11.5. The Morgan fingerprint density at radius 3 is 2.71 bits per heavy atom. The van der Waals surface area contributed by atoms with Gasteiger partial charge in [0, 0.05) is 6.42 Å². The van der Waals surface area contributed by atoms with E-state index in [1.807, 2.05) is 6.92 Å². The van der Waals surface area contributed by atoms with Crippen molar-refractivity contribution in [1.82, 2.24) is 0 Å². The zero-order valence-electron chi connectivity index (χ0n) is 8.96. The average molecular weight is 200 g/mol. The minimum Gasteiger partial charge on any atom is -0.466 e. The number of hydrogen-bond acceptors (Lipinski definition) is 3. The third kappa shape index (κ3) is 5.97. The summed E-state index contributed by atoms with van der Waals surface area (Å²) in [5.41, 5.74) is 0. The molecule has 1 fully saturated rings. The molecule has 0 aromatic carbocycles. The number of esters is 1. The number of hydrogen-bond donors (Lipinski definition) is 0. The van der Waals surface area contributed by atoms with Gasteiger partial charge in [0.2, 0.25) is 0 Å². The Bertz CT molecular complexity index is 164. The highest BCUT2D eigenvalue weighted by molar-refractivity contribution is 5.69. The molecule has 1 unspecified atom stereocenters. The van der Waals surface area contributed by atoms with Gasteiger partial charge in [-0.3, -0.25) is 4.79 Å². The van der Waals surface area contributed by atoms with Crippen molar-refractivity contribution in [3.8, 4) is 0 Å². The number of carbonyl (C=O) groups is 1. The second kappa shape index (κ2) is 6.82. The lowest BCUT2D eigenvalue weighted by atomic mass is 10.1. The van der Waals surface area contributed by atoms with Crippen LogP contribution < -0.4 is 0 Å². The van der Waals surface area contributed by atoms with E-state index in [1.54, 1.807) is 0 Å². The third-order valence-electron chi connectivity index (χ3n) is 2.36. The average Bonchev–Trinajstić information content (AvgIpc) is 2.95. The van der Waals surface area contributed by atoms with E-state index >= 15 is 0 Å². The topological polar surface area (TPSA) is 38.8 Å². The largest absolute Gasteiger partial charge is 0.466 e. The van der Waals surface area contributed by atoms with Gasteiger partial charge in [0.25, 0.3) is 0 Å². The minimum absolute atomic E-state index is 0.0574. The summed E-state index contributed by atoms with van der Waals surface area (Å²) in [5, 5.41) is 0. The Hall–Kier alpha value is -0.570. The van der Waals surface area contributed by atoms with Gasteiger partial charge in [-0.25, -0.2) is 0 Å². The Kier molecular flexibility index (Phi) is 5.60. The molecule has 1 aliphatic heterocycles. The standard InChI is InChI=1S/C11H20O3/c1-2-13-11(12)8-6-4-3-5-7-10-9-14-10/h10H,2-9H2,1H3.